The second kappa shape index (κ2) is 8.80. The minimum absolute atomic E-state index is 0.620. The Morgan fingerprint density at radius 1 is 0.933 bits per heavy atom. The van der Waals surface area contributed by atoms with Gasteiger partial charge in [-0.25, -0.2) is 4.98 Å². The molecule has 154 valence electrons. The number of para-hydroxylation sites is 2. The van der Waals surface area contributed by atoms with Crippen LogP contribution in [0, 0.1) is 13.8 Å². The van der Waals surface area contributed by atoms with E-state index in [1.54, 1.807) is 7.11 Å². The van der Waals surface area contributed by atoms with Gasteiger partial charge in [-0.05, 0) is 79.9 Å². The van der Waals surface area contributed by atoms with Gasteiger partial charge in [0.15, 0.2) is 0 Å². The summed E-state index contributed by atoms with van der Waals surface area (Å²) in [5, 5.41) is 0.802. The number of rotatable bonds is 7. The van der Waals surface area contributed by atoms with Crippen molar-refractivity contribution in [3.05, 3.63) is 76.8 Å². The Morgan fingerprint density at radius 2 is 1.63 bits per heavy atom. The van der Waals surface area contributed by atoms with Crippen LogP contribution in [0.1, 0.15) is 17.5 Å². The molecule has 4 nitrogen and oxygen atoms in total. The number of nitrogens with zero attached hydrogens (tertiary/aromatic N) is 2. The maximum absolute atomic E-state index is 6.25. The summed E-state index contributed by atoms with van der Waals surface area (Å²) in [5.41, 5.74) is 5.26. The lowest BCUT2D eigenvalue weighted by Gasteiger charge is -2.12. The van der Waals surface area contributed by atoms with Crippen molar-refractivity contribution in [3.8, 4) is 22.9 Å². The fourth-order valence-electron chi connectivity index (χ4n) is 3.66. The molecule has 0 fully saturated rings. The summed E-state index contributed by atoms with van der Waals surface area (Å²) in [6.45, 7) is 5.43. The summed E-state index contributed by atoms with van der Waals surface area (Å²) >= 11 is 6.25. The van der Waals surface area contributed by atoms with Crippen LogP contribution in [0.3, 0.4) is 0 Å². The molecule has 0 amide bonds. The summed E-state index contributed by atoms with van der Waals surface area (Å²) in [4.78, 5) is 4.87. The van der Waals surface area contributed by atoms with Gasteiger partial charge in [0.1, 0.15) is 17.3 Å². The van der Waals surface area contributed by atoms with Gasteiger partial charge in [-0.2, -0.15) is 0 Å². The maximum atomic E-state index is 6.25. The maximum Gasteiger partial charge on any atom is 0.141 e. The van der Waals surface area contributed by atoms with Crippen molar-refractivity contribution in [2.75, 3.05) is 13.7 Å². The number of hydrogen-bond acceptors (Lipinski definition) is 3. The molecule has 0 aliphatic heterocycles. The van der Waals surface area contributed by atoms with Gasteiger partial charge in [-0.1, -0.05) is 23.7 Å². The first-order chi connectivity index (χ1) is 14.6. The monoisotopic (exact) mass is 420 g/mol. The fraction of sp³-hybridized carbons (Fsp3) is 0.240. The highest BCUT2D eigenvalue weighted by molar-refractivity contribution is 6.32. The summed E-state index contributed by atoms with van der Waals surface area (Å²) < 4.78 is 13.6. The minimum Gasteiger partial charge on any atom is -0.497 e. The molecule has 4 aromatic rings. The quantitative estimate of drug-likeness (QED) is 0.322. The van der Waals surface area contributed by atoms with Gasteiger partial charge >= 0.3 is 0 Å². The Hall–Kier alpha value is -2.98. The van der Waals surface area contributed by atoms with E-state index < -0.39 is 0 Å². The van der Waals surface area contributed by atoms with E-state index in [4.69, 9.17) is 26.1 Å². The molecule has 5 heteroatoms. The second-order valence-corrected chi connectivity index (χ2v) is 7.76. The lowest BCUT2D eigenvalue weighted by Crippen LogP contribution is -2.06. The van der Waals surface area contributed by atoms with Gasteiger partial charge in [0.05, 0.1) is 24.8 Å². The average Bonchev–Trinajstić information content (AvgIpc) is 3.13. The fourth-order valence-corrected chi connectivity index (χ4v) is 3.77. The van der Waals surface area contributed by atoms with E-state index in [2.05, 4.69) is 16.7 Å². The van der Waals surface area contributed by atoms with Crippen LogP contribution in [0.15, 0.2) is 60.7 Å². The van der Waals surface area contributed by atoms with Crippen molar-refractivity contribution in [2.24, 2.45) is 0 Å². The predicted octanol–water partition coefficient (Wildman–Crippen LogP) is 6.45. The Kier molecular flexibility index (Phi) is 5.96. The van der Waals surface area contributed by atoms with Crippen molar-refractivity contribution >= 4 is 22.6 Å². The van der Waals surface area contributed by atoms with E-state index in [1.165, 1.54) is 0 Å². The predicted molar refractivity (Wildman–Crippen MR) is 123 cm³/mol. The van der Waals surface area contributed by atoms with Crippen molar-refractivity contribution in [2.45, 2.75) is 26.8 Å². The summed E-state index contributed by atoms with van der Waals surface area (Å²) in [6, 6.07) is 20.2. The lowest BCUT2D eigenvalue weighted by molar-refractivity contribution is 0.302. The highest BCUT2D eigenvalue weighted by Crippen LogP contribution is 2.28. The number of hydrogen-bond donors (Lipinski definition) is 0. The van der Waals surface area contributed by atoms with Gasteiger partial charge in [-0.15, -0.1) is 0 Å². The Morgan fingerprint density at radius 3 is 2.33 bits per heavy atom. The highest BCUT2D eigenvalue weighted by atomic mass is 35.5. The Labute approximate surface area is 182 Å². The van der Waals surface area contributed by atoms with E-state index in [0.29, 0.717) is 6.61 Å². The smallest absolute Gasteiger partial charge is 0.141 e. The molecule has 0 saturated heterocycles. The standard InChI is InChI=1S/C25H25ClN2O2/c1-17-15-21(16-18(2)24(17)26)30-14-6-13-28-23-8-5-4-7-22(23)27-25(28)19-9-11-20(29-3)12-10-19/h4-5,7-12,15-16H,6,13-14H2,1-3H3. The van der Waals surface area contributed by atoms with Crippen LogP contribution in [0.4, 0.5) is 0 Å². The Bertz CT molecular complexity index is 1140. The van der Waals surface area contributed by atoms with Gasteiger partial charge < -0.3 is 14.0 Å². The van der Waals surface area contributed by atoms with E-state index in [1.807, 2.05) is 62.4 Å². The SMILES string of the molecule is COc1ccc(-c2nc3ccccc3n2CCCOc2cc(C)c(Cl)c(C)c2)cc1. The summed E-state index contributed by atoms with van der Waals surface area (Å²) in [5.74, 6) is 2.65. The van der Waals surface area contributed by atoms with E-state index >= 15 is 0 Å². The molecule has 1 heterocycles. The first-order valence-corrected chi connectivity index (χ1v) is 10.4. The van der Waals surface area contributed by atoms with Crippen molar-refractivity contribution in [1.82, 2.24) is 9.55 Å². The van der Waals surface area contributed by atoms with Crippen LogP contribution >= 0.6 is 11.6 Å². The molecule has 4 rings (SSSR count). The minimum atomic E-state index is 0.620. The van der Waals surface area contributed by atoms with E-state index in [0.717, 1.165) is 63.0 Å². The number of ether oxygens (including phenoxy) is 2. The normalized spacial score (nSPS) is 11.1. The first-order valence-electron chi connectivity index (χ1n) is 10.1. The highest BCUT2D eigenvalue weighted by Gasteiger charge is 2.12. The number of imidazole rings is 1. The molecule has 0 spiro atoms. The number of benzene rings is 3. The van der Waals surface area contributed by atoms with Gasteiger partial charge in [0.2, 0.25) is 0 Å². The van der Waals surface area contributed by atoms with Crippen LogP contribution in [0.2, 0.25) is 5.02 Å². The number of halogens is 1. The molecule has 30 heavy (non-hydrogen) atoms. The van der Waals surface area contributed by atoms with Crippen molar-refractivity contribution in [1.29, 1.82) is 0 Å². The topological polar surface area (TPSA) is 36.3 Å². The van der Waals surface area contributed by atoms with Gasteiger partial charge in [-0.3, -0.25) is 0 Å². The first kappa shape index (κ1) is 20.3. The molecule has 0 aliphatic carbocycles. The van der Waals surface area contributed by atoms with Crippen LogP contribution < -0.4 is 9.47 Å². The third-order valence-electron chi connectivity index (χ3n) is 5.21. The Balaban J connectivity index is 1.53. The zero-order valence-corrected chi connectivity index (χ0v) is 18.2. The van der Waals surface area contributed by atoms with Crippen LogP contribution in [0.5, 0.6) is 11.5 Å². The van der Waals surface area contributed by atoms with Crippen LogP contribution in [0.25, 0.3) is 22.4 Å². The number of methoxy groups -OCH3 is 1. The molecule has 0 atom stereocenters. The average molecular weight is 421 g/mol. The van der Waals surface area contributed by atoms with E-state index in [9.17, 15) is 0 Å². The number of fused-ring (bicyclic) bond motifs is 1. The molecule has 0 saturated carbocycles. The van der Waals surface area contributed by atoms with E-state index in [-0.39, 0.29) is 0 Å². The van der Waals surface area contributed by atoms with Crippen LogP contribution in [-0.4, -0.2) is 23.3 Å². The zero-order valence-electron chi connectivity index (χ0n) is 17.5. The zero-order chi connectivity index (χ0) is 21.1. The summed E-state index contributed by atoms with van der Waals surface area (Å²) in [7, 11) is 1.67. The molecule has 0 radical (unpaired) electrons. The molecular weight excluding hydrogens is 396 g/mol. The molecule has 3 aromatic carbocycles. The second-order valence-electron chi connectivity index (χ2n) is 7.38. The third kappa shape index (κ3) is 4.14. The third-order valence-corrected chi connectivity index (χ3v) is 5.80. The largest absolute Gasteiger partial charge is 0.497 e. The van der Waals surface area contributed by atoms with Gasteiger partial charge in [0.25, 0.3) is 0 Å². The molecular formula is C25H25ClN2O2. The van der Waals surface area contributed by atoms with Crippen molar-refractivity contribution < 1.29 is 9.47 Å². The molecule has 0 unspecified atom stereocenters. The number of aromatic nitrogens is 2. The van der Waals surface area contributed by atoms with Crippen molar-refractivity contribution in [3.63, 3.8) is 0 Å². The summed E-state index contributed by atoms with van der Waals surface area (Å²) in [6.07, 6.45) is 0.865. The lowest BCUT2D eigenvalue weighted by atomic mass is 10.1. The van der Waals surface area contributed by atoms with Gasteiger partial charge in [0, 0.05) is 17.1 Å². The molecule has 0 aliphatic rings. The molecule has 0 N–H and O–H groups in total. The number of aryl methyl sites for hydroxylation is 3. The molecule has 1 aromatic heterocycles. The van der Waals surface area contributed by atoms with Crippen LogP contribution in [-0.2, 0) is 6.54 Å². The molecule has 0 bridgehead atoms.